The Morgan fingerprint density at radius 2 is 1.88 bits per heavy atom. The average Bonchev–Trinajstić information content (AvgIpc) is 3.13. The Morgan fingerprint density at radius 3 is 2.56 bits per heavy atom. The fraction of sp³-hybridized carbons (Fsp3) is 0.200. The number of anilines is 2. The SMILES string of the molecule is Cl.N=C(N)c1ccc(NC(=O)[C@H](O)[C@H]2OCCN(c3ccc4[nH]c(=O)[nH]c4c3)C2=O)cc1. The summed E-state index contributed by atoms with van der Waals surface area (Å²) in [5.41, 5.74) is 7.53. The van der Waals surface area contributed by atoms with Gasteiger partial charge in [0.05, 0.1) is 17.6 Å². The maximum atomic E-state index is 12.9. The fourth-order valence-corrected chi connectivity index (χ4v) is 3.36. The molecule has 1 saturated heterocycles. The number of rotatable bonds is 5. The van der Waals surface area contributed by atoms with Crippen molar-refractivity contribution in [3.8, 4) is 0 Å². The number of nitrogens with two attached hydrogens (primary N) is 1. The Kier molecular flexibility index (Phi) is 6.63. The summed E-state index contributed by atoms with van der Waals surface area (Å²) in [5.74, 6) is -1.49. The van der Waals surface area contributed by atoms with E-state index in [1.165, 1.54) is 17.0 Å². The Balaban J connectivity index is 0.00000289. The van der Waals surface area contributed by atoms with E-state index in [1.807, 2.05) is 0 Å². The molecule has 2 amide bonds. The van der Waals surface area contributed by atoms with Gasteiger partial charge in [-0.1, -0.05) is 0 Å². The highest BCUT2D eigenvalue weighted by Gasteiger charge is 2.39. The lowest BCUT2D eigenvalue weighted by Gasteiger charge is -2.34. The number of carbonyl (C=O) groups is 2. The van der Waals surface area contributed by atoms with Crippen LogP contribution >= 0.6 is 12.4 Å². The molecule has 3 aromatic rings. The summed E-state index contributed by atoms with van der Waals surface area (Å²) >= 11 is 0. The number of ether oxygens (including phenoxy) is 1. The zero-order chi connectivity index (χ0) is 22.1. The molecule has 2 aromatic carbocycles. The lowest BCUT2D eigenvalue weighted by molar-refractivity contribution is -0.150. The van der Waals surface area contributed by atoms with Gasteiger partial charge in [0.15, 0.2) is 12.2 Å². The Morgan fingerprint density at radius 1 is 1.19 bits per heavy atom. The highest BCUT2D eigenvalue weighted by atomic mass is 35.5. The van der Waals surface area contributed by atoms with Gasteiger partial charge in [0.25, 0.3) is 11.8 Å². The number of benzene rings is 2. The number of fused-ring (bicyclic) bond motifs is 1. The molecule has 0 aliphatic carbocycles. The van der Waals surface area contributed by atoms with Crippen LogP contribution in [0.2, 0.25) is 0 Å². The first-order valence-corrected chi connectivity index (χ1v) is 9.42. The number of imidazole rings is 1. The van der Waals surface area contributed by atoms with Crippen LogP contribution in [0.5, 0.6) is 0 Å². The maximum Gasteiger partial charge on any atom is 0.323 e. The third-order valence-corrected chi connectivity index (χ3v) is 4.95. The van der Waals surface area contributed by atoms with Gasteiger partial charge in [-0.3, -0.25) is 15.0 Å². The smallest absolute Gasteiger partial charge is 0.323 e. The summed E-state index contributed by atoms with van der Waals surface area (Å²) in [5, 5.41) is 20.4. The Bertz CT molecular complexity index is 1220. The number of aliphatic hydroxyl groups excluding tert-OH is 1. The number of carbonyl (C=O) groups excluding carboxylic acids is 2. The molecule has 2 atom stereocenters. The van der Waals surface area contributed by atoms with Crippen molar-refractivity contribution in [3.63, 3.8) is 0 Å². The van der Waals surface area contributed by atoms with Gasteiger partial charge in [-0.2, -0.15) is 0 Å². The van der Waals surface area contributed by atoms with Crippen molar-refractivity contribution in [1.29, 1.82) is 5.41 Å². The largest absolute Gasteiger partial charge is 0.384 e. The van der Waals surface area contributed by atoms with Gasteiger partial charge in [-0.05, 0) is 42.5 Å². The van der Waals surface area contributed by atoms with Crippen LogP contribution in [-0.2, 0) is 14.3 Å². The van der Waals surface area contributed by atoms with Crippen molar-refractivity contribution in [1.82, 2.24) is 9.97 Å². The number of nitrogens with one attached hydrogen (secondary N) is 4. The van der Waals surface area contributed by atoms with Crippen LogP contribution in [0.1, 0.15) is 5.56 Å². The first-order chi connectivity index (χ1) is 14.8. The van der Waals surface area contributed by atoms with Crippen molar-refractivity contribution < 1.29 is 19.4 Å². The minimum absolute atomic E-state index is 0. The van der Waals surface area contributed by atoms with Crippen molar-refractivity contribution in [2.75, 3.05) is 23.4 Å². The standard InChI is InChI=1S/C20H20N6O5.ClH/c21-17(22)10-1-3-11(4-2-10)23-18(28)15(27)16-19(29)26(7-8-31-16)12-5-6-13-14(9-12)25-20(30)24-13;/h1-6,9,15-16,27H,7-8H2,(H3,21,22)(H,23,28)(H2,24,25,30);1H/t15-,16-;/m1./s1. The highest BCUT2D eigenvalue weighted by molar-refractivity contribution is 6.04. The number of hydrogen-bond acceptors (Lipinski definition) is 6. The molecule has 0 saturated carbocycles. The molecule has 4 rings (SSSR count). The zero-order valence-corrected chi connectivity index (χ0v) is 17.4. The number of amides is 2. The van der Waals surface area contributed by atoms with Crippen LogP contribution in [-0.4, -0.2) is 58.1 Å². The Labute approximate surface area is 187 Å². The second kappa shape index (κ2) is 9.22. The molecule has 0 radical (unpaired) electrons. The van der Waals surface area contributed by atoms with Crippen LogP contribution < -0.4 is 21.6 Å². The molecule has 1 aromatic heterocycles. The predicted molar refractivity (Wildman–Crippen MR) is 120 cm³/mol. The van der Waals surface area contributed by atoms with Crippen LogP contribution in [0.15, 0.2) is 47.3 Å². The van der Waals surface area contributed by atoms with Gasteiger partial charge < -0.3 is 35.8 Å². The second-order valence-corrected chi connectivity index (χ2v) is 7.02. The molecular formula is C20H21ClN6O5. The van der Waals surface area contributed by atoms with Gasteiger partial charge in [0.1, 0.15) is 5.84 Å². The minimum atomic E-state index is -1.74. The summed E-state index contributed by atoms with van der Waals surface area (Å²) in [7, 11) is 0. The van der Waals surface area contributed by atoms with E-state index in [2.05, 4.69) is 15.3 Å². The van der Waals surface area contributed by atoms with Gasteiger partial charge >= 0.3 is 5.69 Å². The summed E-state index contributed by atoms with van der Waals surface area (Å²) in [4.78, 5) is 43.5. The second-order valence-electron chi connectivity index (χ2n) is 7.02. The number of hydrogen-bond donors (Lipinski definition) is 6. The van der Waals surface area contributed by atoms with E-state index >= 15 is 0 Å². The number of morpholine rings is 1. The summed E-state index contributed by atoms with van der Waals surface area (Å²) in [6.45, 7) is 0.353. The first kappa shape index (κ1) is 23.0. The van der Waals surface area contributed by atoms with Crippen LogP contribution in [0, 0.1) is 5.41 Å². The van der Waals surface area contributed by atoms with E-state index in [0.29, 0.717) is 28.0 Å². The van der Waals surface area contributed by atoms with E-state index in [-0.39, 0.29) is 37.1 Å². The number of aromatic amines is 2. The predicted octanol–water partition coefficient (Wildman–Crippen LogP) is 0.293. The highest BCUT2D eigenvalue weighted by Crippen LogP contribution is 2.23. The number of aliphatic hydroxyl groups is 1. The normalized spacial score (nSPS) is 17.0. The van der Waals surface area contributed by atoms with E-state index in [9.17, 15) is 19.5 Å². The molecule has 1 aliphatic heterocycles. The maximum absolute atomic E-state index is 12.9. The molecule has 32 heavy (non-hydrogen) atoms. The summed E-state index contributed by atoms with van der Waals surface area (Å²) < 4.78 is 5.39. The number of halogens is 1. The lowest BCUT2D eigenvalue weighted by Crippen LogP contribution is -2.55. The number of amidine groups is 1. The first-order valence-electron chi connectivity index (χ1n) is 9.42. The average molecular weight is 461 g/mol. The summed E-state index contributed by atoms with van der Waals surface area (Å²) in [6, 6.07) is 11.1. The van der Waals surface area contributed by atoms with Crippen molar-refractivity contribution >= 4 is 52.5 Å². The van der Waals surface area contributed by atoms with Crippen LogP contribution in [0.4, 0.5) is 11.4 Å². The molecule has 0 unspecified atom stereocenters. The molecule has 11 nitrogen and oxygen atoms in total. The minimum Gasteiger partial charge on any atom is -0.384 e. The zero-order valence-electron chi connectivity index (χ0n) is 16.6. The molecule has 2 heterocycles. The summed E-state index contributed by atoms with van der Waals surface area (Å²) in [6.07, 6.45) is -3.12. The molecule has 7 N–H and O–H groups in total. The molecule has 0 spiro atoms. The monoisotopic (exact) mass is 460 g/mol. The van der Waals surface area contributed by atoms with Crippen LogP contribution in [0.25, 0.3) is 11.0 Å². The van der Waals surface area contributed by atoms with Crippen molar-refractivity contribution in [2.45, 2.75) is 12.2 Å². The number of nitrogens with zero attached hydrogens (tertiary/aromatic N) is 1. The topological polar surface area (TPSA) is 177 Å². The molecule has 0 bridgehead atoms. The van der Waals surface area contributed by atoms with Crippen LogP contribution in [0.3, 0.4) is 0 Å². The number of aromatic nitrogens is 2. The molecule has 12 heteroatoms. The van der Waals surface area contributed by atoms with E-state index < -0.39 is 24.0 Å². The Hall–Kier alpha value is -3.67. The number of nitrogen functional groups attached to an aromatic ring is 1. The molecular weight excluding hydrogens is 440 g/mol. The third kappa shape index (κ3) is 4.49. The molecule has 168 valence electrons. The van der Waals surface area contributed by atoms with Gasteiger partial charge in [-0.15, -0.1) is 12.4 Å². The third-order valence-electron chi connectivity index (χ3n) is 4.95. The van der Waals surface area contributed by atoms with Gasteiger partial charge in [-0.25, -0.2) is 4.79 Å². The van der Waals surface area contributed by atoms with E-state index in [0.717, 1.165) is 0 Å². The van der Waals surface area contributed by atoms with Crippen molar-refractivity contribution in [3.05, 3.63) is 58.5 Å². The molecule has 1 fully saturated rings. The lowest BCUT2D eigenvalue weighted by atomic mass is 10.1. The van der Waals surface area contributed by atoms with Gasteiger partial charge in [0.2, 0.25) is 0 Å². The van der Waals surface area contributed by atoms with Crippen molar-refractivity contribution in [2.24, 2.45) is 5.73 Å². The van der Waals surface area contributed by atoms with Gasteiger partial charge in [0, 0.05) is 23.5 Å². The number of H-pyrrole nitrogens is 2. The van der Waals surface area contributed by atoms with E-state index in [1.54, 1.807) is 30.3 Å². The molecule has 1 aliphatic rings. The fourth-order valence-electron chi connectivity index (χ4n) is 3.36. The van der Waals surface area contributed by atoms with E-state index in [4.69, 9.17) is 15.9 Å². The quantitative estimate of drug-likeness (QED) is 0.235.